The number of aryl methyl sites for hydroxylation is 1. The fourth-order valence-corrected chi connectivity index (χ4v) is 5.92. The van der Waals surface area contributed by atoms with Crippen LogP contribution in [0.3, 0.4) is 0 Å². The first-order valence-corrected chi connectivity index (χ1v) is 14.3. The molecule has 3 aromatic rings. The zero-order chi connectivity index (χ0) is 27.2. The van der Waals surface area contributed by atoms with E-state index in [2.05, 4.69) is 14.9 Å². The van der Waals surface area contributed by atoms with Crippen molar-refractivity contribution < 1.29 is 23.2 Å². The van der Waals surface area contributed by atoms with E-state index in [-0.39, 0.29) is 35.8 Å². The van der Waals surface area contributed by atoms with Crippen molar-refractivity contribution in [1.29, 1.82) is 0 Å². The summed E-state index contributed by atoms with van der Waals surface area (Å²) >= 11 is 0. The number of ether oxygens (including phenoxy) is 3. The molecule has 3 heterocycles. The minimum atomic E-state index is -1.41. The van der Waals surface area contributed by atoms with Crippen LogP contribution in [-0.4, -0.2) is 82.5 Å². The van der Waals surface area contributed by atoms with Gasteiger partial charge in [-0.15, -0.1) is 24.0 Å². The fraction of sp³-hybridized carbons (Fsp3) is 0.519. The highest BCUT2D eigenvalue weighted by molar-refractivity contribution is 14.0. The number of methoxy groups -OCH3 is 1. The number of carbonyl (C=O) groups is 1. The van der Waals surface area contributed by atoms with Gasteiger partial charge in [-0.2, -0.15) is 0 Å². The molecule has 1 aromatic carbocycles. The number of aromatic nitrogens is 3. The van der Waals surface area contributed by atoms with Crippen LogP contribution in [0.25, 0.3) is 11.0 Å². The van der Waals surface area contributed by atoms with Gasteiger partial charge in [0.05, 0.1) is 53.1 Å². The molecular weight excluding hydrogens is 633 g/mol. The van der Waals surface area contributed by atoms with Crippen molar-refractivity contribution in [1.82, 2.24) is 19.5 Å². The topological polar surface area (TPSA) is 99.0 Å². The van der Waals surface area contributed by atoms with Crippen molar-refractivity contribution in [2.24, 2.45) is 0 Å². The second kappa shape index (κ2) is 14.3. The third-order valence-electron chi connectivity index (χ3n) is 6.53. The van der Waals surface area contributed by atoms with E-state index < -0.39 is 17.0 Å². The zero-order valence-electron chi connectivity index (χ0n) is 23.2. The van der Waals surface area contributed by atoms with Crippen LogP contribution >= 0.6 is 24.0 Å². The quantitative estimate of drug-likeness (QED) is 0.179. The molecule has 0 amide bonds. The highest BCUT2D eigenvalue weighted by Gasteiger charge is 2.25. The molecular formula is C27H38IN5O5S. The van der Waals surface area contributed by atoms with Gasteiger partial charge in [0.15, 0.2) is 0 Å². The SMILES string of the molecule is COc1c(C)cnc(CS(=O)c2nc3ccccc3n2N2CCN(CCCOC(=O)OC(C)C)CC2)c1C.I. The Kier molecular flexibility index (Phi) is 11.4. The van der Waals surface area contributed by atoms with E-state index in [1.165, 1.54) is 0 Å². The molecule has 0 radical (unpaired) electrons. The number of para-hydroxylation sites is 2. The Balaban J connectivity index is 0.00000420. The summed E-state index contributed by atoms with van der Waals surface area (Å²) in [5, 5.41) is 2.74. The van der Waals surface area contributed by atoms with Crippen LogP contribution in [0.15, 0.2) is 35.6 Å². The lowest BCUT2D eigenvalue weighted by Gasteiger charge is -2.37. The molecule has 214 valence electrons. The first-order chi connectivity index (χ1) is 18.3. The molecule has 1 aliphatic heterocycles. The van der Waals surface area contributed by atoms with Crippen LogP contribution in [0.4, 0.5) is 4.79 Å². The lowest BCUT2D eigenvalue weighted by atomic mass is 10.1. The van der Waals surface area contributed by atoms with E-state index in [9.17, 15) is 9.00 Å². The Labute approximate surface area is 249 Å². The third-order valence-corrected chi connectivity index (χ3v) is 7.74. The van der Waals surface area contributed by atoms with Crippen molar-refractivity contribution in [3.05, 3.63) is 47.3 Å². The Morgan fingerprint density at radius 3 is 2.54 bits per heavy atom. The number of imidazole rings is 1. The minimum Gasteiger partial charge on any atom is -0.496 e. The first kappa shape index (κ1) is 31.1. The molecule has 1 saturated heterocycles. The minimum absolute atomic E-state index is 0. The molecule has 12 heteroatoms. The molecule has 1 unspecified atom stereocenters. The van der Waals surface area contributed by atoms with E-state index in [4.69, 9.17) is 19.2 Å². The largest absolute Gasteiger partial charge is 0.508 e. The van der Waals surface area contributed by atoms with Crippen LogP contribution in [0.2, 0.25) is 0 Å². The number of hydrogen-bond donors (Lipinski definition) is 0. The second-order valence-corrected chi connectivity index (χ2v) is 11.0. The first-order valence-electron chi connectivity index (χ1n) is 12.9. The van der Waals surface area contributed by atoms with Gasteiger partial charge in [0.1, 0.15) is 5.75 Å². The molecule has 1 fully saturated rings. The van der Waals surface area contributed by atoms with E-state index in [1.54, 1.807) is 27.2 Å². The molecule has 0 bridgehead atoms. The highest BCUT2D eigenvalue weighted by atomic mass is 127. The summed E-state index contributed by atoms with van der Waals surface area (Å²) in [5.74, 6) is 1.03. The number of rotatable bonds is 10. The standard InChI is InChI=1S/C27H37N5O5S.HI/c1-19(2)37-27(33)36-16-8-11-30-12-14-31(15-13-30)32-24-10-7-6-9-22(24)29-26(32)38(34)18-23-21(4)25(35-5)20(3)17-28-23;/h6-7,9-10,17,19H,8,11-16,18H2,1-5H3;1H. The monoisotopic (exact) mass is 671 g/mol. The summed E-state index contributed by atoms with van der Waals surface area (Å²) in [4.78, 5) is 23.2. The normalized spacial score (nSPS) is 14.8. The van der Waals surface area contributed by atoms with E-state index in [1.807, 2.05) is 42.8 Å². The number of pyridine rings is 1. The molecule has 0 saturated carbocycles. The number of carbonyl (C=O) groups excluding carboxylic acids is 1. The van der Waals surface area contributed by atoms with Crippen molar-refractivity contribution in [3.8, 4) is 5.75 Å². The molecule has 2 aromatic heterocycles. The van der Waals surface area contributed by atoms with Gasteiger partial charge in [-0.25, -0.2) is 14.5 Å². The molecule has 39 heavy (non-hydrogen) atoms. The Hall–Kier alpha value is -2.45. The van der Waals surface area contributed by atoms with Crippen LogP contribution in [0.1, 0.15) is 37.1 Å². The lowest BCUT2D eigenvalue weighted by molar-refractivity contribution is 0.0322. The maximum Gasteiger partial charge on any atom is 0.508 e. The van der Waals surface area contributed by atoms with Crippen molar-refractivity contribution in [2.45, 2.75) is 51.1 Å². The number of fused-ring (bicyclic) bond motifs is 1. The number of hydrogen-bond acceptors (Lipinski definition) is 9. The van der Waals surface area contributed by atoms with Gasteiger partial charge in [0, 0.05) is 50.0 Å². The van der Waals surface area contributed by atoms with Crippen LogP contribution in [-0.2, 0) is 26.0 Å². The van der Waals surface area contributed by atoms with Crippen LogP contribution < -0.4 is 9.75 Å². The predicted molar refractivity (Wildman–Crippen MR) is 162 cm³/mol. The average Bonchev–Trinajstić information content (AvgIpc) is 3.28. The number of nitrogens with zero attached hydrogens (tertiary/aromatic N) is 5. The molecule has 4 rings (SSSR count). The van der Waals surface area contributed by atoms with Crippen molar-refractivity contribution >= 4 is 52.0 Å². The van der Waals surface area contributed by atoms with Crippen molar-refractivity contribution in [3.63, 3.8) is 0 Å². The lowest BCUT2D eigenvalue weighted by Crippen LogP contribution is -2.51. The van der Waals surface area contributed by atoms with E-state index in [0.29, 0.717) is 11.8 Å². The molecule has 1 atom stereocenters. The van der Waals surface area contributed by atoms with Crippen LogP contribution in [0, 0.1) is 13.8 Å². The maximum atomic E-state index is 13.7. The number of benzene rings is 1. The van der Waals surface area contributed by atoms with Gasteiger partial charge in [0.2, 0.25) is 5.16 Å². The average molecular weight is 672 g/mol. The third kappa shape index (κ3) is 7.60. The molecule has 1 aliphatic rings. The maximum absolute atomic E-state index is 13.7. The summed E-state index contributed by atoms with van der Waals surface area (Å²) in [6.45, 7) is 11.8. The molecule has 10 nitrogen and oxygen atoms in total. The molecule has 0 N–H and O–H groups in total. The smallest absolute Gasteiger partial charge is 0.496 e. The zero-order valence-corrected chi connectivity index (χ0v) is 26.4. The highest BCUT2D eigenvalue weighted by Crippen LogP contribution is 2.27. The van der Waals surface area contributed by atoms with Gasteiger partial charge in [-0.1, -0.05) is 12.1 Å². The summed E-state index contributed by atoms with van der Waals surface area (Å²) in [5.41, 5.74) is 4.35. The van der Waals surface area contributed by atoms with Gasteiger partial charge in [-0.3, -0.25) is 14.1 Å². The fourth-order valence-electron chi connectivity index (χ4n) is 4.65. The van der Waals surface area contributed by atoms with Gasteiger partial charge >= 0.3 is 6.16 Å². The van der Waals surface area contributed by atoms with Crippen molar-refractivity contribution in [2.75, 3.05) is 51.4 Å². The summed E-state index contributed by atoms with van der Waals surface area (Å²) in [6.07, 6.45) is 1.70. The van der Waals surface area contributed by atoms with Crippen LogP contribution in [0.5, 0.6) is 5.75 Å². The van der Waals surface area contributed by atoms with Gasteiger partial charge in [0.25, 0.3) is 0 Å². The number of halogens is 1. The van der Waals surface area contributed by atoms with E-state index >= 15 is 0 Å². The Bertz CT molecular complexity index is 1290. The Morgan fingerprint density at radius 1 is 1.13 bits per heavy atom. The molecule has 0 spiro atoms. The van der Waals surface area contributed by atoms with Gasteiger partial charge in [-0.05, 0) is 46.2 Å². The summed E-state index contributed by atoms with van der Waals surface area (Å²) in [7, 11) is 0.229. The van der Waals surface area contributed by atoms with E-state index in [0.717, 1.165) is 72.7 Å². The predicted octanol–water partition coefficient (Wildman–Crippen LogP) is 4.19. The second-order valence-electron chi connectivity index (χ2n) is 9.64. The molecule has 0 aliphatic carbocycles. The summed E-state index contributed by atoms with van der Waals surface area (Å²) in [6, 6.07) is 7.89. The number of piperazine rings is 1. The summed E-state index contributed by atoms with van der Waals surface area (Å²) < 4.78 is 31.4. The Morgan fingerprint density at radius 2 is 1.85 bits per heavy atom. The van der Waals surface area contributed by atoms with Gasteiger partial charge < -0.3 is 19.2 Å².